The minimum absolute atomic E-state index is 0.154. The van der Waals surface area contributed by atoms with Gasteiger partial charge in [-0.05, 0) is 45.2 Å². The molecule has 1 aromatic carbocycles. The Hall–Kier alpha value is -1.82. The molecule has 122 valence electrons. The molecule has 1 aliphatic heterocycles. The first-order valence-corrected chi connectivity index (χ1v) is 8.93. The molecule has 0 N–H and O–H groups in total. The van der Waals surface area contributed by atoms with E-state index in [4.69, 9.17) is 4.42 Å². The van der Waals surface area contributed by atoms with Gasteiger partial charge in [-0.2, -0.15) is 0 Å². The fourth-order valence-corrected chi connectivity index (χ4v) is 3.51. The van der Waals surface area contributed by atoms with Crippen molar-refractivity contribution in [2.75, 3.05) is 18.8 Å². The number of thioether (sulfide) groups is 1. The van der Waals surface area contributed by atoms with Crippen molar-refractivity contribution in [3.05, 3.63) is 29.3 Å². The number of benzene rings is 1. The van der Waals surface area contributed by atoms with E-state index in [0.717, 1.165) is 42.6 Å². The summed E-state index contributed by atoms with van der Waals surface area (Å²) in [5.41, 5.74) is 3.24. The molecule has 1 saturated heterocycles. The largest absolute Gasteiger partial charge is 0.411 e. The summed E-state index contributed by atoms with van der Waals surface area (Å²) in [4.78, 5) is 14.1. The average molecular weight is 331 g/mol. The Morgan fingerprint density at radius 2 is 1.83 bits per heavy atom. The summed E-state index contributed by atoms with van der Waals surface area (Å²) in [6.07, 6.45) is 3.43. The maximum Gasteiger partial charge on any atom is 0.277 e. The van der Waals surface area contributed by atoms with Crippen molar-refractivity contribution in [1.82, 2.24) is 15.1 Å². The number of nitrogens with zero attached hydrogens (tertiary/aromatic N) is 3. The fourth-order valence-electron chi connectivity index (χ4n) is 2.84. The van der Waals surface area contributed by atoms with E-state index in [2.05, 4.69) is 16.3 Å². The molecule has 0 atom stereocenters. The fraction of sp³-hybridized carbons (Fsp3) is 0.471. The summed E-state index contributed by atoms with van der Waals surface area (Å²) in [6.45, 7) is 5.83. The van der Waals surface area contributed by atoms with Gasteiger partial charge >= 0.3 is 0 Å². The molecule has 0 bridgehead atoms. The second kappa shape index (κ2) is 7.17. The van der Waals surface area contributed by atoms with Crippen molar-refractivity contribution in [2.45, 2.75) is 38.3 Å². The second-order valence-electron chi connectivity index (χ2n) is 5.98. The van der Waals surface area contributed by atoms with Crippen LogP contribution in [0, 0.1) is 13.8 Å². The summed E-state index contributed by atoms with van der Waals surface area (Å²) in [6, 6.07) is 6.15. The van der Waals surface area contributed by atoms with Crippen LogP contribution in [0.4, 0.5) is 0 Å². The van der Waals surface area contributed by atoms with Gasteiger partial charge < -0.3 is 9.32 Å². The van der Waals surface area contributed by atoms with Crippen molar-refractivity contribution >= 4 is 17.7 Å². The second-order valence-corrected chi connectivity index (χ2v) is 6.91. The van der Waals surface area contributed by atoms with Crippen LogP contribution in [0.1, 0.15) is 30.4 Å². The number of piperidine rings is 1. The molecule has 6 heteroatoms. The Morgan fingerprint density at radius 1 is 1.13 bits per heavy atom. The van der Waals surface area contributed by atoms with Gasteiger partial charge in [0.25, 0.3) is 5.22 Å². The van der Waals surface area contributed by atoms with Crippen LogP contribution in [-0.4, -0.2) is 39.8 Å². The first-order chi connectivity index (χ1) is 11.1. The van der Waals surface area contributed by atoms with E-state index < -0.39 is 0 Å². The quantitative estimate of drug-likeness (QED) is 0.803. The topological polar surface area (TPSA) is 59.2 Å². The SMILES string of the molecule is Cc1cc(C)cc(-c2nnc(SCC(=O)N3CCCCC3)o2)c1. The molecule has 1 aliphatic rings. The third kappa shape index (κ3) is 4.13. The highest BCUT2D eigenvalue weighted by molar-refractivity contribution is 7.99. The van der Waals surface area contributed by atoms with Crippen LogP contribution < -0.4 is 0 Å². The molecule has 2 aromatic rings. The lowest BCUT2D eigenvalue weighted by Gasteiger charge is -2.26. The highest BCUT2D eigenvalue weighted by Gasteiger charge is 2.18. The first kappa shape index (κ1) is 16.1. The van der Waals surface area contributed by atoms with Gasteiger partial charge in [-0.1, -0.05) is 29.0 Å². The van der Waals surface area contributed by atoms with Crippen molar-refractivity contribution < 1.29 is 9.21 Å². The first-order valence-electron chi connectivity index (χ1n) is 7.94. The Morgan fingerprint density at radius 3 is 2.52 bits per heavy atom. The standard InChI is InChI=1S/C17H21N3O2S/c1-12-8-13(2)10-14(9-12)16-18-19-17(22-16)23-11-15(21)20-6-4-3-5-7-20/h8-10H,3-7,11H2,1-2H3. The molecule has 0 saturated carbocycles. The van der Waals surface area contributed by atoms with Gasteiger partial charge in [0.1, 0.15) is 0 Å². The van der Waals surface area contributed by atoms with Gasteiger partial charge in [-0.15, -0.1) is 10.2 Å². The van der Waals surface area contributed by atoms with Gasteiger partial charge in [0.05, 0.1) is 5.75 Å². The molecular weight excluding hydrogens is 310 g/mol. The zero-order valence-corrected chi connectivity index (χ0v) is 14.4. The molecule has 0 radical (unpaired) electrons. The molecule has 2 heterocycles. The molecule has 0 spiro atoms. The minimum atomic E-state index is 0.154. The van der Waals surface area contributed by atoms with Crippen LogP contribution in [0.25, 0.3) is 11.5 Å². The number of amides is 1. The number of aromatic nitrogens is 2. The van der Waals surface area contributed by atoms with Gasteiger partial charge in [-0.25, -0.2) is 0 Å². The third-order valence-corrected chi connectivity index (χ3v) is 4.71. The van der Waals surface area contributed by atoms with Crippen LogP contribution in [0.15, 0.2) is 27.8 Å². The summed E-state index contributed by atoms with van der Waals surface area (Å²) in [5.74, 6) is 1.01. The van der Waals surface area contributed by atoms with Crippen LogP contribution in [0.3, 0.4) is 0 Å². The Kier molecular flexibility index (Phi) is 5.00. The van der Waals surface area contributed by atoms with Crippen LogP contribution in [-0.2, 0) is 4.79 Å². The molecule has 0 aliphatic carbocycles. The lowest BCUT2D eigenvalue weighted by atomic mass is 10.1. The molecule has 1 fully saturated rings. The summed E-state index contributed by atoms with van der Waals surface area (Å²) >= 11 is 1.31. The zero-order valence-electron chi connectivity index (χ0n) is 13.5. The number of carbonyl (C=O) groups is 1. The van der Waals surface area contributed by atoms with Gasteiger partial charge in [0.15, 0.2) is 0 Å². The smallest absolute Gasteiger partial charge is 0.277 e. The predicted octanol–water partition coefficient (Wildman–Crippen LogP) is 3.46. The molecule has 0 unspecified atom stereocenters. The number of hydrogen-bond acceptors (Lipinski definition) is 5. The van der Waals surface area contributed by atoms with Crippen molar-refractivity contribution in [3.63, 3.8) is 0 Å². The molecule has 1 amide bonds. The van der Waals surface area contributed by atoms with Crippen LogP contribution in [0.2, 0.25) is 0 Å². The summed E-state index contributed by atoms with van der Waals surface area (Å²) in [7, 11) is 0. The van der Waals surface area contributed by atoms with Gasteiger partial charge in [-0.3, -0.25) is 4.79 Å². The molecule has 1 aromatic heterocycles. The highest BCUT2D eigenvalue weighted by atomic mass is 32.2. The number of likely N-dealkylation sites (tertiary alicyclic amines) is 1. The van der Waals surface area contributed by atoms with Crippen LogP contribution >= 0.6 is 11.8 Å². The van der Waals surface area contributed by atoms with E-state index in [0.29, 0.717) is 16.9 Å². The van der Waals surface area contributed by atoms with Crippen molar-refractivity contribution in [1.29, 1.82) is 0 Å². The van der Waals surface area contributed by atoms with E-state index in [9.17, 15) is 4.79 Å². The van der Waals surface area contributed by atoms with Gasteiger partial charge in [0, 0.05) is 18.7 Å². The zero-order chi connectivity index (χ0) is 16.2. The maximum atomic E-state index is 12.2. The molecule has 23 heavy (non-hydrogen) atoms. The van der Waals surface area contributed by atoms with Crippen molar-refractivity contribution in [3.8, 4) is 11.5 Å². The lowest BCUT2D eigenvalue weighted by Crippen LogP contribution is -2.36. The molecular formula is C17H21N3O2S. The minimum Gasteiger partial charge on any atom is -0.411 e. The maximum absolute atomic E-state index is 12.2. The van der Waals surface area contributed by atoms with Gasteiger partial charge in [0.2, 0.25) is 11.8 Å². The summed E-state index contributed by atoms with van der Waals surface area (Å²) in [5, 5.41) is 8.59. The normalized spacial score (nSPS) is 15.0. The lowest BCUT2D eigenvalue weighted by molar-refractivity contribution is -0.129. The van der Waals surface area contributed by atoms with E-state index in [1.807, 2.05) is 30.9 Å². The monoisotopic (exact) mass is 331 g/mol. The summed E-state index contributed by atoms with van der Waals surface area (Å²) < 4.78 is 5.69. The Bertz CT molecular complexity index is 673. The highest BCUT2D eigenvalue weighted by Crippen LogP contribution is 2.25. The molecule has 5 nitrogen and oxygen atoms in total. The third-order valence-electron chi connectivity index (χ3n) is 3.90. The van der Waals surface area contributed by atoms with Crippen LogP contribution in [0.5, 0.6) is 0 Å². The van der Waals surface area contributed by atoms with Crippen molar-refractivity contribution in [2.24, 2.45) is 0 Å². The average Bonchev–Trinajstić information content (AvgIpc) is 3.01. The Balaban J connectivity index is 1.62. The Labute approximate surface area is 140 Å². The number of rotatable bonds is 4. The number of aryl methyl sites for hydroxylation is 2. The van der Waals surface area contributed by atoms with E-state index in [1.54, 1.807) is 0 Å². The number of carbonyl (C=O) groups excluding carboxylic acids is 1. The molecule has 3 rings (SSSR count). The van der Waals surface area contributed by atoms with E-state index in [1.165, 1.54) is 18.2 Å². The predicted molar refractivity (Wildman–Crippen MR) is 90.4 cm³/mol. The van der Waals surface area contributed by atoms with E-state index >= 15 is 0 Å². The van der Waals surface area contributed by atoms with E-state index in [-0.39, 0.29) is 5.91 Å². The number of hydrogen-bond donors (Lipinski definition) is 0.